The third-order valence-electron chi connectivity index (χ3n) is 2.44. The number of nitrogens with zero attached hydrogens (tertiary/aromatic N) is 1. The number of likely N-dealkylation sites (tertiary alicyclic amines) is 1. The minimum absolute atomic E-state index is 0.241. The first-order valence-corrected chi connectivity index (χ1v) is 4.59. The summed E-state index contributed by atoms with van der Waals surface area (Å²) < 4.78 is 73.0. The third-order valence-corrected chi connectivity index (χ3v) is 2.44. The van der Waals surface area contributed by atoms with E-state index in [4.69, 9.17) is 5.11 Å². The first-order chi connectivity index (χ1) is 7.94. The number of aliphatic carboxylic acids is 1. The standard InChI is InChI=1S/C8H7F6NO3/c9-7(10,11)4(8(12,13)14)5(16)15-1-3(2-15)6(17)18/h3-4H,1-2H2,(H,17,18). The van der Waals surface area contributed by atoms with Crippen LogP contribution in [-0.2, 0) is 9.59 Å². The Hall–Kier alpha value is -1.48. The van der Waals surface area contributed by atoms with Crippen LogP contribution in [0.25, 0.3) is 0 Å². The molecular weight excluding hydrogens is 272 g/mol. The van der Waals surface area contributed by atoms with Crippen LogP contribution >= 0.6 is 0 Å². The lowest BCUT2D eigenvalue weighted by atomic mass is 9.97. The van der Waals surface area contributed by atoms with Gasteiger partial charge in [0.2, 0.25) is 11.8 Å². The van der Waals surface area contributed by atoms with Crippen LogP contribution in [0.4, 0.5) is 26.3 Å². The number of rotatable bonds is 2. The molecule has 0 atom stereocenters. The zero-order valence-corrected chi connectivity index (χ0v) is 8.55. The highest BCUT2D eigenvalue weighted by Crippen LogP contribution is 2.41. The molecule has 1 aliphatic heterocycles. The summed E-state index contributed by atoms with van der Waals surface area (Å²) in [5.74, 6) is -8.74. The Morgan fingerprint density at radius 1 is 1.06 bits per heavy atom. The predicted octanol–water partition coefficient (Wildman–Crippen LogP) is 1.27. The molecule has 18 heavy (non-hydrogen) atoms. The van der Waals surface area contributed by atoms with Crippen LogP contribution in [0.15, 0.2) is 0 Å². The fraction of sp³-hybridized carbons (Fsp3) is 0.750. The molecule has 0 spiro atoms. The Bertz CT molecular complexity index is 343. The number of hydrogen-bond acceptors (Lipinski definition) is 2. The third kappa shape index (κ3) is 2.85. The molecule has 0 saturated carbocycles. The molecule has 0 unspecified atom stereocenters. The Morgan fingerprint density at radius 3 is 1.72 bits per heavy atom. The number of carbonyl (C=O) groups excluding carboxylic acids is 1. The van der Waals surface area contributed by atoms with Crippen molar-refractivity contribution in [2.45, 2.75) is 12.4 Å². The van der Waals surface area contributed by atoms with Crippen molar-refractivity contribution in [3.63, 3.8) is 0 Å². The van der Waals surface area contributed by atoms with E-state index in [1.54, 1.807) is 0 Å². The zero-order chi connectivity index (χ0) is 14.3. The molecule has 0 aromatic rings. The summed E-state index contributed by atoms with van der Waals surface area (Å²) in [6.45, 7) is -1.28. The van der Waals surface area contributed by atoms with Crippen molar-refractivity contribution in [2.75, 3.05) is 13.1 Å². The van der Waals surface area contributed by atoms with E-state index < -0.39 is 49.2 Å². The van der Waals surface area contributed by atoms with Gasteiger partial charge in [0.1, 0.15) is 0 Å². The van der Waals surface area contributed by atoms with Gasteiger partial charge in [0, 0.05) is 13.1 Å². The van der Waals surface area contributed by atoms with E-state index in [9.17, 15) is 35.9 Å². The molecule has 4 nitrogen and oxygen atoms in total. The van der Waals surface area contributed by atoms with E-state index in [0.29, 0.717) is 0 Å². The summed E-state index contributed by atoms with van der Waals surface area (Å²) in [7, 11) is 0. The largest absolute Gasteiger partial charge is 0.481 e. The highest BCUT2D eigenvalue weighted by Gasteiger charge is 2.63. The molecule has 0 radical (unpaired) electrons. The monoisotopic (exact) mass is 279 g/mol. The minimum atomic E-state index is -5.75. The fourth-order valence-corrected chi connectivity index (χ4v) is 1.46. The van der Waals surface area contributed by atoms with Gasteiger partial charge in [-0.2, -0.15) is 26.3 Å². The molecular formula is C8H7F6NO3. The summed E-state index contributed by atoms with van der Waals surface area (Å²) in [6, 6.07) is 0. The lowest BCUT2D eigenvalue weighted by Crippen LogP contribution is -2.59. The average molecular weight is 279 g/mol. The second kappa shape index (κ2) is 4.32. The second-order valence-corrected chi connectivity index (χ2v) is 3.79. The summed E-state index contributed by atoms with van der Waals surface area (Å²) in [5, 5.41) is 8.41. The number of amides is 1. The Labute approximate surface area is 96.2 Å². The molecule has 1 heterocycles. The molecule has 0 bridgehead atoms. The lowest BCUT2D eigenvalue weighted by molar-refractivity contribution is -0.278. The van der Waals surface area contributed by atoms with E-state index in [1.807, 2.05) is 0 Å². The number of hydrogen-bond donors (Lipinski definition) is 1. The molecule has 1 fully saturated rings. The Kier molecular flexibility index (Phi) is 3.50. The van der Waals surface area contributed by atoms with Gasteiger partial charge in [-0.1, -0.05) is 0 Å². The number of alkyl halides is 6. The van der Waals surface area contributed by atoms with Crippen LogP contribution in [0.3, 0.4) is 0 Å². The molecule has 0 aromatic heterocycles. The Balaban J connectivity index is 2.78. The summed E-state index contributed by atoms with van der Waals surface area (Å²) in [4.78, 5) is 21.7. The average Bonchev–Trinajstić information content (AvgIpc) is 1.91. The predicted molar refractivity (Wildman–Crippen MR) is 43.3 cm³/mol. The van der Waals surface area contributed by atoms with Gasteiger partial charge in [0.25, 0.3) is 0 Å². The van der Waals surface area contributed by atoms with Crippen molar-refractivity contribution in [3.8, 4) is 0 Å². The van der Waals surface area contributed by atoms with E-state index in [0.717, 1.165) is 0 Å². The molecule has 1 rings (SSSR count). The normalized spacial score (nSPS) is 17.8. The topological polar surface area (TPSA) is 57.6 Å². The minimum Gasteiger partial charge on any atom is -0.481 e. The first kappa shape index (κ1) is 14.6. The number of halogens is 6. The van der Waals surface area contributed by atoms with Crippen LogP contribution in [0.1, 0.15) is 0 Å². The van der Waals surface area contributed by atoms with Crippen molar-refractivity contribution >= 4 is 11.9 Å². The van der Waals surface area contributed by atoms with Gasteiger partial charge >= 0.3 is 18.3 Å². The van der Waals surface area contributed by atoms with Crippen molar-refractivity contribution in [1.29, 1.82) is 0 Å². The fourth-order valence-electron chi connectivity index (χ4n) is 1.46. The molecule has 104 valence electrons. The molecule has 1 amide bonds. The van der Waals surface area contributed by atoms with Gasteiger partial charge < -0.3 is 10.0 Å². The van der Waals surface area contributed by atoms with E-state index in [2.05, 4.69) is 0 Å². The maximum atomic E-state index is 12.2. The van der Waals surface area contributed by atoms with Crippen LogP contribution < -0.4 is 0 Å². The smallest absolute Gasteiger partial charge is 0.409 e. The Morgan fingerprint density at radius 2 is 1.44 bits per heavy atom. The second-order valence-electron chi connectivity index (χ2n) is 3.79. The quantitative estimate of drug-likeness (QED) is 0.774. The van der Waals surface area contributed by atoms with Crippen molar-refractivity contribution in [1.82, 2.24) is 4.90 Å². The molecule has 10 heteroatoms. The number of carboxylic acids is 1. The van der Waals surface area contributed by atoms with Crippen LogP contribution in [0.5, 0.6) is 0 Å². The SMILES string of the molecule is O=C(O)C1CN(C(=O)C(C(F)(F)F)C(F)(F)F)C1. The molecule has 1 aliphatic rings. The van der Waals surface area contributed by atoms with Crippen LogP contribution in [0, 0.1) is 11.8 Å². The van der Waals surface area contributed by atoms with E-state index in [-0.39, 0.29) is 4.90 Å². The highest BCUT2D eigenvalue weighted by molar-refractivity contribution is 5.83. The maximum absolute atomic E-state index is 12.2. The van der Waals surface area contributed by atoms with Gasteiger partial charge in [-0.3, -0.25) is 9.59 Å². The van der Waals surface area contributed by atoms with E-state index in [1.165, 1.54) is 0 Å². The summed E-state index contributed by atoms with van der Waals surface area (Å²) in [5.41, 5.74) is 0. The van der Waals surface area contributed by atoms with Crippen LogP contribution in [-0.4, -0.2) is 47.3 Å². The lowest BCUT2D eigenvalue weighted by Gasteiger charge is -2.39. The van der Waals surface area contributed by atoms with Gasteiger partial charge in [-0.05, 0) is 0 Å². The van der Waals surface area contributed by atoms with Crippen molar-refractivity contribution in [2.24, 2.45) is 11.8 Å². The number of carbonyl (C=O) groups is 2. The molecule has 0 aromatic carbocycles. The zero-order valence-electron chi connectivity index (χ0n) is 8.55. The van der Waals surface area contributed by atoms with E-state index >= 15 is 0 Å². The first-order valence-electron chi connectivity index (χ1n) is 4.59. The maximum Gasteiger partial charge on any atom is 0.409 e. The van der Waals surface area contributed by atoms with Gasteiger partial charge in [0.15, 0.2) is 0 Å². The highest BCUT2D eigenvalue weighted by atomic mass is 19.4. The van der Waals surface area contributed by atoms with Gasteiger partial charge in [0.05, 0.1) is 5.92 Å². The number of carboxylic acid groups (broad SMARTS) is 1. The van der Waals surface area contributed by atoms with Crippen molar-refractivity contribution < 1.29 is 41.0 Å². The van der Waals surface area contributed by atoms with Gasteiger partial charge in [-0.15, -0.1) is 0 Å². The molecule has 1 saturated heterocycles. The summed E-state index contributed by atoms with van der Waals surface area (Å²) in [6.07, 6.45) is -11.5. The van der Waals surface area contributed by atoms with Crippen LogP contribution in [0.2, 0.25) is 0 Å². The molecule has 1 N–H and O–H groups in total. The van der Waals surface area contributed by atoms with Crippen molar-refractivity contribution in [3.05, 3.63) is 0 Å². The van der Waals surface area contributed by atoms with Gasteiger partial charge in [-0.25, -0.2) is 0 Å². The summed E-state index contributed by atoms with van der Waals surface area (Å²) >= 11 is 0. The molecule has 0 aliphatic carbocycles.